The summed E-state index contributed by atoms with van der Waals surface area (Å²) in [5, 5.41) is 0.0467. The number of nitrogens with zero attached hydrogens (tertiary/aromatic N) is 1. The third-order valence-electron chi connectivity index (χ3n) is 3.69. The van der Waals surface area contributed by atoms with E-state index in [0.29, 0.717) is 0 Å². The van der Waals surface area contributed by atoms with E-state index in [0.717, 1.165) is 8.42 Å². The van der Waals surface area contributed by atoms with Gasteiger partial charge >= 0.3 is 0 Å². The van der Waals surface area contributed by atoms with Crippen LogP contribution in [0.15, 0.2) is 29.2 Å². The Morgan fingerprint density at radius 2 is 1.78 bits per heavy atom. The average molecular weight is 386 g/mol. The van der Waals surface area contributed by atoms with Crippen molar-refractivity contribution in [3.63, 3.8) is 0 Å². The first-order valence-electron chi connectivity index (χ1n) is 7.48. The second-order valence-corrected chi connectivity index (χ2v) is 12.3. The van der Waals surface area contributed by atoms with Gasteiger partial charge in [0.05, 0.1) is 10.2 Å². The number of carbonyl (C=O) groups is 1. The van der Waals surface area contributed by atoms with Crippen molar-refractivity contribution in [2.24, 2.45) is 0 Å². The maximum Gasteiger partial charge on any atom is 0.221 e. The molecule has 2 rings (SSSR count). The molecule has 0 aliphatic carbocycles. The van der Waals surface area contributed by atoms with Gasteiger partial charge in [0.2, 0.25) is 5.91 Å². The summed E-state index contributed by atoms with van der Waals surface area (Å²) in [4.78, 5) is 15.1. The van der Waals surface area contributed by atoms with Crippen LogP contribution in [-0.2, 0) is 4.79 Å². The molecule has 23 heavy (non-hydrogen) atoms. The molecular weight excluding hydrogens is 362 g/mol. The molecular formula is C17H23NOS4. The molecule has 1 aromatic rings. The molecule has 1 saturated heterocycles. The van der Waals surface area contributed by atoms with Crippen molar-refractivity contribution in [2.45, 2.75) is 61.4 Å². The molecule has 1 amide bonds. The average Bonchev–Trinajstić information content (AvgIpc) is 2.56. The van der Waals surface area contributed by atoms with Gasteiger partial charge in [-0.05, 0) is 46.8 Å². The van der Waals surface area contributed by atoms with Crippen molar-refractivity contribution in [1.29, 1.82) is 0 Å². The maximum atomic E-state index is 12.2. The van der Waals surface area contributed by atoms with Gasteiger partial charge in [0.1, 0.15) is 3.53 Å². The van der Waals surface area contributed by atoms with Gasteiger partial charge < -0.3 is 4.90 Å². The zero-order valence-corrected chi connectivity index (χ0v) is 17.6. The fraction of sp³-hybridized carbons (Fsp3) is 0.529. The van der Waals surface area contributed by atoms with Crippen molar-refractivity contribution < 1.29 is 4.79 Å². The minimum Gasteiger partial charge on any atom is -0.315 e. The Morgan fingerprint density at radius 1 is 1.22 bits per heavy atom. The van der Waals surface area contributed by atoms with Crippen molar-refractivity contribution in [2.75, 3.05) is 0 Å². The number of carbonyl (C=O) groups excluding carboxylic acids is 1. The molecule has 1 unspecified atom stereocenters. The molecule has 1 aliphatic heterocycles. The summed E-state index contributed by atoms with van der Waals surface area (Å²) in [5.41, 5.74) is 1.24. The van der Waals surface area contributed by atoms with Gasteiger partial charge in [-0.2, -0.15) is 0 Å². The monoisotopic (exact) mass is 385 g/mol. The summed E-state index contributed by atoms with van der Waals surface area (Å²) < 4.78 is 0.814. The molecule has 0 spiro atoms. The van der Waals surface area contributed by atoms with Crippen LogP contribution in [0.1, 0.15) is 40.2 Å². The Hall–Kier alpha value is -0.170. The van der Waals surface area contributed by atoms with Gasteiger partial charge in [-0.25, -0.2) is 0 Å². The van der Waals surface area contributed by atoms with Gasteiger partial charge in [-0.3, -0.25) is 4.79 Å². The predicted octanol–water partition coefficient (Wildman–Crippen LogP) is 5.54. The molecule has 0 bridgehead atoms. The van der Waals surface area contributed by atoms with Crippen molar-refractivity contribution >= 4 is 56.9 Å². The van der Waals surface area contributed by atoms with Gasteiger partial charge in [0, 0.05) is 16.6 Å². The molecule has 1 fully saturated rings. The smallest absolute Gasteiger partial charge is 0.221 e. The first-order valence-corrected chi connectivity index (χ1v) is 10.4. The van der Waals surface area contributed by atoms with Crippen LogP contribution in [0.25, 0.3) is 0 Å². The van der Waals surface area contributed by atoms with Crippen LogP contribution < -0.4 is 0 Å². The van der Waals surface area contributed by atoms with Crippen molar-refractivity contribution in [1.82, 2.24) is 4.90 Å². The zero-order chi connectivity index (χ0) is 17.4. The molecule has 1 heterocycles. The van der Waals surface area contributed by atoms with Crippen LogP contribution in [0.2, 0.25) is 0 Å². The third-order valence-corrected chi connectivity index (χ3v) is 8.25. The van der Waals surface area contributed by atoms with E-state index >= 15 is 0 Å². The maximum absolute atomic E-state index is 12.2. The summed E-state index contributed by atoms with van der Waals surface area (Å²) in [5.74, 6) is 0.105. The first-order chi connectivity index (χ1) is 10.5. The van der Waals surface area contributed by atoms with Crippen LogP contribution in [0, 0.1) is 6.92 Å². The largest absolute Gasteiger partial charge is 0.315 e. The number of benzene rings is 1. The number of rotatable bonds is 2. The van der Waals surface area contributed by atoms with Crippen molar-refractivity contribution in [3.05, 3.63) is 29.8 Å². The lowest BCUT2D eigenvalue weighted by molar-refractivity contribution is -0.131. The van der Waals surface area contributed by atoms with E-state index in [4.69, 9.17) is 12.2 Å². The number of aryl methyl sites for hydroxylation is 1. The van der Waals surface area contributed by atoms with Gasteiger partial charge in [-0.15, -0.1) is 11.8 Å². The fourth-order valence-corrected chi connectivity index (χ4v) is 7.84. The van der Waals surface area contributed by atoms with Crippen LogP contribution in [0.4, 0.5) is 0 Å². The summed E-state index contributed by atoms with van der Waals surface area (Å²) in [6.45, 7) is 12.3. The Balaban J connectivity index is 2.14. The van der Waals surface area contributed by atoms with E-state index in [1.165, 1.54) is 5.56 Å². The molecule has 0 aromatic heterocycles. The highest BCUT2D eigenvalue weighted by molar-refractivity contribution is 8.47. The van der Waals surface area contributed by atoms with Crippen LogP contribution in [-0.4, -0.2) is 29.3 Å². The highest BCUT2D eigenvalue weighted by Gasteiger charge is 2.53. The molecule has 0 radical (unpaired) electrons. The predicted molar refractivity (Wildman–Crippen MR) is 109 cm³/mol. The lowest BCUT2D eigenvalue weighted by Gasteiger charge is -2.34. The summed E-state index contributed by atoms with van der Waals surface area (Å²) in [6, 6.07) is 8.37. The number of hydrogen-bond acceptors (Lipinski definition) is 5. The SMILES string of the molecule is CC(=O)N1C(SC(=S)Sc2ccc(C)cc2)C(C)(C)SC1(C)C. The molecule has 1 aliphatic rings. The number of thiocarbonyl (C=S) groups is 1. The fourth-order valence-electron chi connectivity index (χ4n) is 2.89. The normalized spacial score (nSPS) is 22.2. The van der Waals surface area contributed by atoms with E-state index in [1.807, 2.05) is 16.7 Å². The molecule has 0 N–H and O–H groups in total. The number of amides is 1. The second kappa shape index (κ2) is 6.98. The number of thioether (sulfide) groups is 3. The van der Waals surface area contributed by atoms with E-state index in [2.05, 4.69) is 58.9 Å². The lowest BCUT2D eigenvalue weighted by Crippen LogP contribution is -2.46. The molecule has 1 atom stereocenters. The highest BCUT2D eigenvalue weighted by Crippen LogP contribution is 2.55. The second-order valence-electron chi connectivity index (χ2n) is 6.68. The Bertz CT molecular complexity index is 610. The van der Waals surface area contributed by atoms with Crippen molar-refractivity contribution in [3.8, 4) is 0 Å². The zero-order valence-electron chi connectivity index (χ0n) is 14.4. The topological polar surface area (TPSA) is 20.3 Å². The van der Waals surface area contributed by atoms with Gasteiger partial charge in [0.15, 0.2) is 0 Å². The van der Waals surface area contributed by atoms with Gasteiger partial charge in [-0.1, -0.05) is 53.4 Å². The Morgan fingerprint density at radius 3 is 2.30 bits per heavy atom. The molecule has 2 nitrogen and oxygen atoms in total. The summed E-state index contributed by atoms with van der Waals surface area (Å²) in [6.07, 6.45) is 0. The minimum atomic E-state index is -0.211. The molecule has 0 saturated carbocycles. The summed E-state index contributed by atoms with van der Waals surface area (Å²) >= 11 is 10.7. The lowest BCUT2D eigenvalue weighted by atomic mass is 10.1. The molecule has 6 heteroatoms. The van der Waals surface area contributed by atoms with E-state index in [9.17, 15) is 4.79 Å². The highest BCUT2D eigenvalue weighted by atomic mass is 32.2. The van der Waals surface area contributed by atoms with Gasteiger partial charge in [0.25, 0.3) is 0 Å². The van der Waals surface area contributed by atoms with Crippen LogP contribution in [0.3, 0.4) is 0 Å². The molecule has 1 aromatic carbocycles. The van der Waals surface area contributed by atoms with Crippen LogP contribution >= 0.6 is 47.5 Å². The Kier molecular flexibility index (Phi) is 5.82. The third kappa shape index (κ3) is 4.47. The van der Waals surface area contributed by atoms with Crippen LogP contribution in [0.5, 0.6) is 0 Å². The standard InChI is InChI=1S/C17H23NOS4/c1-11-7-9-13(10-8-11)21-15(20)22-14-16(3,4)23-17(5,6)18(14)12(2)19/h7-10,14H,1-6H3. The summed E-state index contributed by atoms with van der Waals surface area (Å²) in [7, 11) is 0. The first kappa shape index (κ1) is 19.2. The quantitative estimate of drug-likeness (QED) is 0.490. The van der Waals surface area contributed by atoms with E-state index in [-0.39, 0.29) is 20.9 Å². The van der Waals surface area contributed by atoms with E-state index in [1.54, 1.807) is 30.4 Å². The Labute approximate surface area is 157 Å². The number of hydrogen-bond donors (Lipinski definition) is 0. The molecule has 126 valence electrons. The minimum absolute atomic E-state index is 0.0439. The van der Waals surface area contributed by atoms with E-state index < -0.39 is 0 Å².